The SMILES string of the molecule is C=C1C[C@H](CC#CC)O[C@H](c2ccc(Br)cc2)C1. The maximum atomic E-state index is 6.11. The molecule has 2 heteroatoms. The molecule has 0 radical (unpaired) electrons. The lowest BCUT2D eigenvalue weighted by Crippen LogP contribution is -2.23. The molecule has 1 aromatic rings. The van der Waals surface area contributed by atoms with Crippen LogP contribution in [0, 0.1) is 11.8 Å². The summed E-state index contributed by atoms with van der Waals surface area (Å²) in [5, 5.41) is 0. The van der Waals surface area contributed by atoms with Crippen molar-refractivity contribution in [3.8, 4) is 11.8 Å². The Balaban J connectivity index is 2.09. The fourth-order valence-electron chi connectivity index (χ4n) is 2.21. The number of hydrogen-bond acceptors (Lipinski definition) is 1. The maximum absolute atomic E-state index is 6.11. The molecular formula is C16H17BrO. The first-order valence-corrected chi connectivity index (χ1v) is 6.95. The molecule has 1 aromatic carbocycles. The van der Waals surface area contributed by atoms with Gasteiger partial charge < -0.3 is 4.74 Å². The van der Waals surface area contributed by atoms with Gasteiger partial charge in [0.05, 0.1) is 12.2 Å². The summed E-state index contributed by atoms with van der Waals surface area (Å²) in [5.41, 5.74) is 2.48. The van der Waals surface area contributed by atoms with E-state index in [1.54, 1.807) is 0 Å². The quantitative estimate of drug-likeness (QED) is 0.571. The van der Waals surface area contributed by atoms with Gasteiger partial charge in [0.1, 0.15) is 0 Å². The van der Waals surface area contributed by atoms with E-state index in [0.717, 1.165) is 23.7 Å². The lowest BCUT2D eigenvalue weighted by molar-refractivity contribution is -0.0296. The van der Waals surface area contributed by atoms with Crippen molar-refractivity contribution in [3.63, 3.8) is 0 Å². The van der Waals surface area contributed by atoms with E-state index >= 15 is 0 Å². The molecule has 18 heavy (non-hydrogen) atoms. The van der Waals surface area contributed by atoms with Crippen LogP contribution in [0.5, 0.6) is 0 Å². The number of hydrogen-bond donors (Lipinski definition) is 0. The molecule has 1 heterocycles. The second kappa shape index (κ2) is 6.22. The highest BCUT2D eigenvalue weighted by Gasteiger charge is 2.25. The van der Waals surface area contributed by atoms with Crippen LogP contribution in [-0.4, -0.2) is 6.10 Å². The summed E-state index contributed by atoms with van der Waals surface area (Å²) in [6.07, 6.45) is 2.96. The van der Waals surface area contributed by atoms with Crippen LogP contribution in [0.1, 0.15) is 37.9 Å². The van der Waals surface area contributed by atoms with E-state index in [9.17, 15) is 0 Å². The maximum Gasteiger partial charge on any atom is 0.0866 e. The van der Waals surface area contributed by atoms with Crippen molar-refractivity contribution in [2.75, 3.05) is 0 Å². The fourth-order valence-corrected chi connectivity index (χ4v) is 2.47. The molecule has 1 saturated heterocycles. The van der Waals surface area contributed by atoms with Gasteiger partial charge >= 0.3 is 0 Å². The van der Waals surface area contributed by atoms with Crippen LogP contribution >= 0.6 is 15.9 Å². The average Bonchev–Trinajstić information content (AvgIpc) is 2.36. The Labute approximate surface area is 117 Å². The molecule has 94 valence electrons. The van der Waals surface area contributed by atoms with Gasteiger partial charge in [-0.25, -0.2) is 0 Å². The number of halogens is 1. The second-order valence-corrected chi connectivity index (χ2v) is 5.50. The minimum atomic E-state index is 0.128. The molecule has 0 N–H and O–H groups in total. The van der Waals surface area contributed by atoms with Crippen LogP contribution < -0.4 is 0 Å². The lowest BCUT2D eigenvalue weighted by Gasteiger charge is -2.31. The molecule has 1 fully saturated rings. The first-order valence-electron chi connectivity index (χ1n) is 6.16. The molecule has 0 spiro atoms. The highest BCUT2D eigenvalue weighted by Crippen LogP contribution is 2.35. The van der Waals surface area contributed by atoms with E-state index in [4.69, 9.17) is 4.74 Å². The Hall–Kier alpha value is -1.04. The largest absolute Gasteiger partial charge is 0.369 e. The number of benzene rings is 1. The predicted octanol–water partition coefficient (Wildman–Crippen LogP) is 4.64. The van der Waals surface area contributed by atoms with E-state index in [1.807, 2.05) is 6.92 Å². The Morgan fingerprint density at radius 3 is 2.72 bits per heavy atom. The van der Waals surface area contributed by atoms with E-state index in [-0.39, 0.29) is 12.2 Å². The Morgan fingerprint density at radius 2 is 2.06 bits per heavy atom. The van der Waals surface area contributed by atoms with Gasteiger partial charge in [-0.15, -0.1) is 11.8 Å². The monoisotopic (exact) mass is 304 g/mol. The zero-order valence-corrected chi connectivity index (χ0v) is 12.2. The summed E-state index contributed by atoms with van der Waals surface area (Å²) < 4.78 is 7.20. The standard InChI is InChI=1S/C16H17BrO/c1-3-4-5-15-10-12(2)11-16(18-15)13-6-8-14(17)9-7-13/h6-9,15-16H,2,5,10-11H2,1H3/t15-,16-/m0/s1. The number of rotatable bonds is 2. The molecule has 2 rings (SSSR count). The van der Waals surface area contributed by atoms with Gasteiger partial charge in [-0.3, -0.25) is 0 Å². The Kier molecular flexibility index (Phi) is 4.63. The molecule has 1 nitrogen and oxygen atoms in total. The molecule has 0 aliphatic carbocycles. The highest BCUT2D eigenvalue weighted by molar-refractivity contribution is 9.10. The van der Waals surface area contributed by atoms with Crippen molar-refractivity contribution in [2.24, 2.45) is 0 Å². The third-order valence-electron chi connectivity index (χ3n) is 3.10. The molecular weight excluding hydrogens is 288 g/mol. The van der Waals surface area contributed by atoms with Crippen LogP contribution in [-0.2, 0) is 4.74 Å². The summed E-state index contributed by atoms with van der Waals surface area (Å²) >= 11 is 3.45. The van der Waals surface area contributed by atoms with Crippen LogP contribution in [0.2, 0.25) is 0 Å². The van der Waals surface area contributed by atoms with E-state index < -0.39 is 0 Å². The Morgan fingerprint density at radius 1 is 1.33 bits per heavy atom. The third kappa shape index (κ3) is 3.48. The average molecular weight is 305 g/mol. The molecule has 1 aliphatic heterocycles. The molecule has 0 saturated carbocycles. The molecule has 0 unspecified atom stereocenters. The Bertz CT molecular complexity index is 478. The van der Waals surface area contributed by atoms with Crippen LogP contribution in [0.25, 0.3) is 0 Å². The normalized spacial score (nSPS) is 23.3. The molecule has 1 aliphatic rings. The highest BCUT2D eigenvalue weighted by atomic mass is 79.9. The van der Waals surface area contributed by atoms with Crippen molar-refractivity contribution >= 4 is 15.9 Å². The zero-order chi connectivity index (χ0) is 13.0. The van der Waals surface area contributed by atoms with Gasteiger partial charge in [-0.05, 0) is 37.5 Å². The first kappa shape index (κ1) is 13.4. The van der Waals surface area contributed by atoms with Gasteiger partial charge in [-0.1, -0.05) is 40.2 Å². The lowest BCUT2D eigenvalue weighted by atomic mass is 9.94. The van der Waals surface area contributed by atoms with Crippen LogP contribution in [0.4, 0.5) is 0 Å². The van der Waals surface area contributed by atoms with Gasteiger partial charge in [0, 0.05) is 10.9 Å². The summed E-state index contributed by atoms with van der Waals surface area (Å²) in [6.45, 7) is 5.99. The molecule has 0 aromatic heterocycles. The van der Waals surface area contributed by atoms with Crippen molar-refractivity contribution in [3.05, 3.63) is 46.5 Å². The van der Waals surface area contributed by atoms with Gasteiger partial charge in [0.2, 0.25) is 0 Å². The van der Waals surface area contributed by atoms with Crippen molar-refractivity contribution in [1.29, 1.82) is 0 Å². The second-order valence-electron chi connectivity index (χ2n) is 4.59. The van der Waals surface area contributed by atoms with E-state index in [1.165, 1.54) is 11.1 Å². The van der Waals surface area contributed by atoms with Crippen molar-refractivity contribution in [2.45, 2.75) is 38.4 Å². The summed E-state index contributed by atoms with van der Waals surface area (Å²) in [4.78, 5) is 0. The number of ether oxygens (including phenoxy) is 1. The molecule has 0 bridgehead atoms. The first-order chi connectivity index (χ1) is 8.69. The predicted molar refractivity (Wildman–Crippen MR) is 78.2 cm³/mol. The molecule has 0 amide bonds. The van der Waals surface area contributed by atoms with Crippen molar-refractivity contribution in [1.82, 2.24) is 0 Å². The van der Waals surface area contributed by atoms with Crippen molar-refractivity contribution < 1.29 is 4.74 Å². The smallest absolute Gasteiger partial charge is 0.0866 e. The summed E-state index contributed by atoms with van der Waals surface area (Å²) in [6, 6.07) is 8.32. The van der Waals surface area contributed by atoms with E-state index in [0.29, 0.717) is 0 Å². The minimum Gasteiger partial charge on any atom is -0.369 e. The summed E-state index contributed by atoms with van der Waals surface area (Å²) in [5.74, 6) is 6.02. The summed E-state index contributed by atoms with van der Waals surface area (Å²) in [7, 11) is 0. The van der Waals surface area contributed by atoms with Crippen LogP contribution in [0.3, 0.4) is 0 Å². The third-order valence-corrected chi connectivity index (χ3v) is 3.62. The molecule has 2 atom stereocenters. The van der Waals surface area contributed by atoms with Gasteiger partial charge in [0.15, 0.2) is 0 Å². The van der Waals surface area contributed by atoms with Gasteiger partial charge in [0.25, 0.3) is 0 Å². The van der Waals surface area contributed by atoms with Gasteiger partial charge in [-0.2, -0.15) is 0 Å². The van der Waals surface area contributed by atoms with Crippen LogP contribution in [0.15, 0.2) is 40.9 Å². The topological polar surface area (TPSA) is 9.23 Å². The fraction of sp³-hybridized carbons (Fsp3) is 0.375. The minimum absolute atomic E-state index is 0.128. The zero-order valence-electron chi connectivity index (χ0n) is 10.6. The van der Waals surface area contributed by atoms with E-state index in [2.05, 4.69) is 58.6 Å².